The van der Waals surface area contributed by atoms with Crippen molar-refractivity contribution in [1.82, 2.24) is 0 Å². The monoisotopic (exact) mass is 234 g/mol. The maximum absolute atomic E-state index is 7.62. The van der Waals surface area contributed by atoms with Crippen molar-refractivity contribution in [3.63, 3.8) is 0 Å². The van der Waals surface area contributed by atoms with E-state index in [0.717, 1.165) is 0 Å². The second-order valence-electron chi connectivity index (χ2n) is 0.447. The van der Waals surface area contributed by atoms with Gasteiger partial charge in [0.1, 0.15) is 0 Å². The van der Waals surface area contributed by atoms with Crippen LogP contribution >= 0.6 is 0 Å². The fourth-order valence-electron chi connectivity index (χ4n) is 0. The van der Waals surface area contributed by atoms with E-state index >= 15 is 0 Å². The summed E-state index contributed by atoms with van der Waals surface area (Å²) in [5.74, 6) is 0. The van der Waals surface area contributed by atoms with Gasteiger partial charge in [-0.15, -0.1) is 0 Å². The summed E-state index contributed by atoms with van der Waals surface area (Å²) in [6, 6.07) is 0. The van der Waals surface area contributed by atoms with Crippen LogP contribution < -0.4 is 116 Å². The average molecular weight is 235 g/mol. The maximum Gasteiger partial charge on any atom is 1.00 e. The van der Waals surface area contributed by atoms with E-state index in [0.29, 0.717) is 0 Å². The van der Waals surface area contributed by atoms with Gasteiger partial charge in [0.05, 0.1) is 13.2 Å². The van der Waals surface area contributed by atoms with Gasteiger partial charge in [-0.1, -0.05) is 0 Å². The summed E-state index contributed by atoms with van der Waals surface area (Å²) in [6.45, 7) is -0.250. The first-order valence-electron chi connectivity index (χ1n) is 1.13. The van der Waals surface area contributed by atoms with Gasteiger partial charge in [-0.05, 0) is 0 Å². The summed E-state index contributed by atoms with van der Waals surface area (Å²) < 4.78 is 0. The minimum Gasteiger partial charge on any atom is -1.00 e. The molecule has 30 valence electrons. The summed E-state index contributed by atoms with van der Waals surface area (Å²) in [5, 5.41) is 15.2. The van der Waals surface area contributed by atoms with Crippen LogP contribution in [-0.2, 0) is 0 Å². The molecule has 0 aliphatic carbocycles. The topological polar surface area (TPSA) is 40.5 Å². The van der Waals surface area contributed by atoms with Crippen molar-refractivity contribution in [2.45, 2.75) is 0 Å². The van der Waals surface area contributed by atoms with E-state index in [9.17, 15) is 0 Å². The summed E-state index contributed by atoms with van der Waals surface area (Å²) in [5.41, 5.74) is 0. The van der Waals surface area contributed by atoms with Crippen molar-refractivity contribution in [1.29, 1.82) is 0 Å². The largest absolute Gasteiger partial charge is 1.00 e. The Labute approximate surface area is 138 Å². The Hall–Kier alpha value is 3.53. The maximum atomic E-state index is 7.62. The van der Waals surface area contributed by atoms with Crippen LogP contribution in [0, 0.1) is 0 Å². The molecule has 0 aromatic heterocycles. The van der Waals surface area contributed by atoms with Gasteiger partial charge in [0.15, 0.2) is 0 Å². The molecule has 0 saturated heterocycles. The first-order chi connectivity index (χ1) is 1.91. The normalized spacial score (nSPS) is 5.00. The van der Waals surface area contributed by atoms with E-state index in [4.69, 9.17) is 10.2 Å². The molecule has 0 aromatic rings. The molecule has 0 bridgehead atoms. The molecular weight excluding hydrogens is 227 g/mol. The molecule has 0 atom stereocenters. The summed E-state index contributed by atoms with van der Waals surface area (Å²) >= 11 is 0. The van der Waals surface area contributed by atoms with Gasteiger partial charge in [0.2, 0.25) is 0 Å². The van der Waals surface area contributed by atoms with Crippen molar-refractivity contribution in [2.75, 3.05) is 13.2 Å². The zero-order valence-corrected chi connectivity index (χ0v) is 14.1. The van der Waals surface area contributed by atoms with E-state index in [1.54, 1.807) is 0 Å². The molecule has 2 nitrogen and oxygen atoms in total. The second kappa shape index (κ2) is 15.8. The summed E-state index contributed by atoms with van der Waals surface area (Å²) in [7, 11) is 0. The third-order valence-electron chi connectivity index (χ3n) is 0.1000. The Morgan fingerprint density at radius 1 is 1.00 bits per heavy atom. The number of rotatable bonds is 1. The predicted molar refractivity (Wildman–Crippen MR) is 16.4 cm³/mol. The number of aliphatic hydroxyl groups excluding tert-OH is 2. The van der Waals surface area contributed by atoms with Crippen LogP contribution in [0.3, 0.4) is 0 Å². The Bertz CT molecular complexity index is 18.0. The minimum absolute atomic E-state index is 0. The first-order valence-corrected chi connectivity index (χ1v) is 1.13. The van der Waals surface area contributed by atoms with E-state index < -0.39 is 0 Å². The van der Waals surface area contributed by atoms with Crippen molar-refractivity contribution >= 4 is 0 Å². The molecule has 0 heterocycles. The van der Waals surface area contributed by atoms with Gasteiger partial charge >= 0.3 is 116 Å². The molecule has 0 aliphatic heterocycles. The van der Waals surface area contributed by atoms with Crippen LogP contribution in [0.1, 0.15) is 2.85 Å². The molecule has 0 amide bonds. The SMILES string of the molecule is OCCO.[H-].[H-].[Rb+].[Rb+]. The molecular formula is C2H8O2Rb2. The fourth-order valence-corrected chi connectivity index (χ4v) is 0. The van der Waals surface area contributed by atoms with E-state index in [2.05, 4.69) is 0 Å². The van der Waals surface area contributed by atoms with Gasteiger partial charge in [-0.2, -0.15) is 0 Å². The van der Waals surface area contributed by atoms with Gasteiger partial charge in [0, 0.05) is 0 Å². The summed E-state index contributed by atoms with van der Waals surface area (Å²) in [6.07, 6.45) is 0. The van der Waals surface area contributed by atoms with Crippen LogP contribution in [0.25, 0.3) is 0 Å². The van der Waals surface area contributed by atoms with Crippen LogP contribution in [0.2, 0.25) is 0 Å². The Balaban J connectivity index is -0.00000000750. The Morgan fingerprint density at radius 2 is 1.17 bits per heavy atom. The zero-order chi connectivity index (χ0) is 3.41. The molecule has 0 radical (unpaired) electrons. The molecule has 2 N–H and O–H groups in total. The molecule has 6 heavy (non-hydrogen) atoms. The van der Waals surface area contributed by atoms with Crippen LogP contribution in [0.4, 0.5) is 0 Å². The van der Waals surface area contributed by atoms with Crippen molar-refractivity contribution < 1.29 is 129 Å². The third kappa shape index (κ3) is 15.6. The van der Waals surface area contributed by atoms with Crippen molar-refractivity contribution in [3.05, 3.63) is 0 Å². The smallest absolute Gasteiger partial charge is 1.00 e. The van der Waals surface area contributed by atoms with Gasteiger partial charge in [-0.3, -0.25) is 0 Å². The number of aliphatic hydroxyl groups is 2. The van der Waals surface area contributed by atoms with E-state index in [-0.39, 0.29) is 132 Å². The third-order valence-corrected chi connectivity index (χ3v) is 0.1000. The minimum atomic E-state index is -0.125. The first kappa shape index (κ1) is 16.3. The van der Waals surface area contributed by atoms with Gasteiger partial charge in [0.25, 0.3) is 0 Å². The molecule has 0 saturated carbocycles. The molecule has 0 rings (SSSR count). The van der Waals surface area contributed by atoms with Crippen molar-refractivity contribution in [3.8, 4) is 0 Å². The standard InChI is InChI=1S/C2H6O2.2Rb.2H/c3-1-2-4;;;;/h3-4H,1-2H2;;;;/q;2*+1;2*-1. The second-order valence-corrected chi connectivity index (χ2v) is 0.447. The van der Waals surface area contributed by atoms with E-state index in [1.807, 2.05) is 0 Å². The van der Waals surface area contributed by atoms with Crippen LogP contribution in [0.5, 0.6) is 0 Å². The van der Waals surface area contributed by atoms with Crippen LogP contribution in [0.15, 0.2) is 0 Å². The quantitative estimate of drug-likeness (QED) is 0.474. The van der Waals surface area contributed by atoms with Crippen molar-refractivity contribution in [2.24, 2.45) is 0 Å². The summed E-state index contributed by atoms with van der Waals surface area (Å²) in [4.78, 5) is 0. The number of hydrogen-bond donors (Lipinski definition) is 2. The predicted octanol–water partition coefficient (Wildman–Crippen LogP) is -6.80. The Morgan fingerprint density at radius 3 is 1.17 bits per heavy atom. The molecule has 0 unspecified atom stereocenters. The Kier molecular flexibility index (Phi) is 42.9. The number of hydrogen-bond acceptors (Lipinski definition) is 2. The molecule has 0 aliphatic rings. The fraction of sp³-hybridized carbons (Fsp3) is 1.00. The molecule has 0 spiro atoms. The van der Waals surface area contributed by atoms with Gasteiger partial charge < -0.3 is 13.1 Å². The van der Waals surface area contributed by atoms with E-state index in [1.165, 1.54) is 0 Å². The molecule has 0 aromatic carbocycles. The molecule has 0 fully saturated rings. The molecule has 4 heteroatoms. The zero-order valence-electron chi connectivity index (χ0n) is 6.31. The average Bonchev–Trinajstić information content (AvgIpc) is 1.37. The van der Waals surface area contributed by atoms with Gasteiger partial charge in [-0.25, -0.2) is 0 Å². The van der Waals surface area contributed by atoms with Crippen LogP contribution in [-0.4, -0.2) is 23.4 Å².